The zero-order chi connectivity index (χ0) is 25.4. The van der Waals surface area contributed by atoms with Gasteiger partial charge in [-0.3, -0.25) is 9.59 Å². The van der Waals surface area contributed by atoms with Gasteiger partial charge in [0.2, 0.25) is 5.91 Å². The molecule has 3 aromatic rings. The van der Waals surface area contributed by atoms with Gasteiger partial charge in [-0.1, -0.05) is 42.5 Å². The van der Waals surface area contributed by atoms with Gasteiger partial charge in [0, 0.05) is 24.2 Å². The van der Waals surface area contributed by atoms with E-state index in [1.54, 1.807) is 4.90 Å². The van der Waals surface area contributed by atoms with Gasteiger partial charge in [0.25, 0.3) is 5.91 Å². The van der Waals surface area contributed by atoms with Crippen LogP contribution in [0.5, 0.6) is 0 Å². The van der Waals surface area contributed by atoms with E-state index in [0.29, 0.717) is 18.7 Å². The van der Waals surface area contributed by atoms with E-state index in [2.05, 4.69) is 5.32 Å². The van der Waals surface area contributed by atoms with Crippen LogP contribution in [0.1, 0.15) is 35.2 Å². The molecule has 1 saturated carbocycles. The van der Waals surface area contributed by atoms with Crippen LogP contribution in [-0.2, 0) is 11.3 Å². The summed E-state index contributed by atoms with van der Waals surface area (Å²) < 4.78 is 40.6. The van der Waals surface area contributed by atoms with Crippen LogP contribution in [0.15, 0.2) is 54.6 Å². The lowest BCUT2D eigenvalue weighted by Gasteiger charge is -2.43. The van der Waals surface area contributed by atoms with Crippen LogP contribution in [-0.4, -0.2) is 47.0 Å². The third-order valence-electron chi connectivity index (χ3n) is 6.95. The molecule has 1 aliphatic heterocycles. The number of carbonyl (C=O) groups excluding carboxylic acids is 2. The van der Waals surface area contributed by atoms with Crippen LogP contribution in [0, 0.1) is 28.6 Å². The molecule has 0 radical (unpaired) electrons. The average Bonchev–Trinajstić information content (AvgIpc) is 3.71. The summed E-state index contributed by atoms with van der Waals surface area (Å²) in [5.41, 5.74) is 0.595. The Balaban J connectivity index is 1.38. The van der Waals surface area contributed by atoms with E-state index >= 15 is 0 Å². The fraction of sp³-hybridized carbons (Fsp3) is 0.333. The van der Waals surface area contributed by atoms with E-state index in [0.717, 1.165) is 34.2 Å². The summed E-state index contributed by atoms with van der Waals surface area (Å²) in [5, 5.41) is 17.8. The van der Waals surface area contributed by atoms with Crippen LogP contribution in [0.25, 0.3) is 10.8 Å². The zero-order valence-electron chi connectivity index (χ0n) is 19.4. The van der Waals surface area contributed by atoms with Crippen molar-refractivity contribution in [2.24, 2.45) is 5.92 Å². The largest absolute Gasteiger partial charge is 0.785 e. The minimum Gasteiger partial charge on any atom is -0.785 e. The summed E-state index contributed by atoms with van der Waals surface area (Å²) in [4.78, 5) is 28.3. The van der Waals surface area contributed by atoms with Gasteiger partial charge in [-0.15, -0.1) is 0 Å². The lowest BCUT2D eigenvalue weighted by Crippen LogP contribution is -2.55. The molecule has 0 spiro atoms. The number of hydrogen-bond donors (Lipinski definition) is 1. The first-order chi connectivity index (χ1) is 17.3. The number of carbonyl (C=O) groups is 2. The van der Waals surface area contributed by atoms with Gasteiger partial charge in [0.05, 0.1) is 5.92 Å². The number of piperidine rings is 1. The molecule has 2 amide bonds. The quantitative estimate of drug-likeness (QED) is 0.515. The summed E-state index contributed by atoms with van der Waals surface area (Å²) in [5.74, 6) is -6.51. The zero-order valence-corrected chi connectivity index (χ0v) is 19.4. The Morgan fingerprint density at radius 1 is 1.00 bits per heavy atom. The minimum atomic E-state index is -1.66. The highest BCUT2D eigenvalue weighted by Crippen LogP contribution is 2.33. The summed E-state index contributed by atoms with van der Waals surface area (Å²) in [6.07, 6.45) is 1.91. The van der Waals surface area contributed by atoms with Gasteiger partial charge in [0.1, 0.15) is 0 Å². The highest BCUT2D eigenvalue weighted by atomic mass is 19.2. The first kappa shape index (κ1) is 24.3. The topological polar surface area (TPSA) is 75.7 Å². The number of halogens is 3. The molecule has 1 N–H and O–H groups in total. The Bertz CT molecular complexity index is 1290. The third kappa shape index (κ3) is 4.94. The fourth-order valence-electron chi connectivity index (χ4n) is 4.88. The van der Waals surface area contributed by atoms with Crippen LogP contribution in [0.3, 0.4) is 0 Å². The average molecular weight is 497 g/mol. The summed E-state index contributed by atoms with van der Waals surface area (Å²) >= 11 is 0. The SMILES string of the molecule is O=C(NC1CCN([O-])CC1C(=O)N(Cc1cccc2ccccc12)C1CC1)c1cc(F)c(F)c(F)c1. The Hall–Kier alpha value is -3.43. The lowest BCUT2D eigenvalue weighted by atomic mass is 9.90. The second-order valence-corrected chi connectivity index (χ2v) is 9.45. The molecule has 36 heavy (non-hydrogen) atoms. The van der Waals surface area contributed by atoms with Crippen LogP contribution >= 0.6 is 0 Å². The first-order valence-electron chi connectivity index (χ1n) is 12.0. The molecule has 9 heteroatoms. The Morgan fingerprint density at radius 2 is 1.69 bits per heavy atom. The number of amides is 2. The van der Waals surface area contributed by atoms with E-state index in [-0.39, 0.29) is 31.5 Å². The molecule has 188 valence electrons. The molecule has 2 atom stereocenters. The van der Waals surface area contributed by atoms with Crippen LogP contribution < -0.4 is 5.32 Å². The van der Waals surface area contributed by atoms with Gasteiger partial charge in [-0.05, 0) is 60.8 Å². The molecule has 0 aromatic heterocycles. The van der Waals surface area contributed by atoms with E-state index in [1.165, 1.54) is 0 Å². The van der Waals surface area contributed by atoms with Gasteiger partial charge in [-0.25, -0.2) is 13.2 Å². The van der Waals surface area contributed by atoms with Gasteiger partial charge in [-0.2, -0.15) is 0 Å². The van der Waals surface area contributed by atoms with Crippen molar-refractivity contribution in [2.75, 3.05) is 13.1 Å². The maximum Gasteiger partial charge on any atom is 0.251 e. The van der Waals surface area contributed by atoms with Crippen molar-refractivity contribution in [3.05, 3.63) is 88.4 Å². The van der Waals surface area contributed by atoms with Crippen molar-refractivity contribution in [1.82, 2.24) is 15.3 Å². The van der Waals surface area contributed by atoms with Gasteiger partial charge >= 0.3 is 0 Å². The smallest absolute Gasteiger partial charge is 0.251 e. The van der Waals surface area contributed by atoms with Crippen molar-refractivity contribution in [3.63, 3.8) is 0 Å². The predicted octanol–water partition coefficient (Wildman–Crippen LogP) is 4.37. The monoisotopic (exact) mass is 496 g/mol. The molecule has 1 saturated heterocycles. The van der Waals surface area contributed by atoms with E-state index < -0.39 is 40.9 Å². The Labute approximate surface area is 206 Å². The standard InChI is InChI=1S/C27H25F3N3O3/c28-22-12-18(13-23(29)25(22)30)26(34)31-24-10-11-32(36)15-21(24)27(35)33(19-8-9-19)14-17-6-3-5-16-4-1-2-7-20(16)17/h1-7,12-13,19,21,24H,8-11,14-15H2,(H,31,34)/q-1. The van der Waals surface area contributed by atoms with Crippen molar-refractivity contribution < 1.29 is 22.8 Å². The molecule has 6 nitrogen and oxygen atoms in total. The molecular formula is C27H25F3N3O3-. The number of rotatable bonds is 6. The molecular weight excluding hydrogens is 471 g/mol. The number of fused-ring (bicyclic) bond motifs is 1. The van der Waals surface area contributed by atoms with Crippen molar-refractivity contribution >= 4 is 22.6 Å². The second kappa shape index (κ2) is 9.91. The summed E-state index contributed by atoms with van der Waals surface area (Å²) in [7, 11) is 0. The van der Waals surface area contributed by atoms with Gasteiger partial charge in [0.15, 0.2) is 17.5 Å². The molecule has 2 unspecified atom stereocenters. The van der Waals surface area contributed by atoms with E-state index in [1.807, 2.05) is 42.5 Å². The molecule has 2 aliphatic rings. The minimum absolute atomic E-state index is 0.0511. The lowest BCUT2D eigenvalue weighted by molar-refractivity contribution is -0.139. The third-order valence-corrected chi connectivity index (χ3v) is 6.95. The maximum atomic E-state index is 13.8. The molecule has 1 heterocycles. The molecule has 0 bridgehead atoms. The fourth-order valence-corrected chi connectivity index (χ4v) is 4.88. The second-order valence-electron chi connectivity index (χ2n) is 9.45. The summed E-state index contributed by atoms with van der Waals surface area (Å²) in [6, 6.07) is 14.4. The van der Waals surface area contributed by atoms with E-state index in [9.17, 15) is 28.0 Å². The normalized spacial score (nSPS) is 20.3. The molecule has 5 rings (SSSR count). The number of hydroxylamine groups is 2. The molecule has 3 aromatic carbocycles. The number of hydrogen-bond acceptors (Lipinski definition) is 4. The van der Waals surface area contributed by atoms with Crippen molar-refractivity contribution in [3.8, 4) is 0 Å². The summed E-state index contributed by atoms with van der Waals surface area (Å²) in [6.45, 7) is 0.373. The van der Waals surface area contributed by atoms with Crippen LogP contribution in [0.2, 0.25) is 0 Å². The number of benzene rings is 3. The Morgan fingerprint density at radius 3 is 2.42 bits per heavy atom. The van der Waals surface area contributed by atoms with E-state index in [4.69, 9.17) is 0 Å². The van der Waals surface area contributed by atoms with Crippen molar-refractivity contribution in [1.29, 1.82) is 0 Å². The number of nitrogens with zero attached hydrogens (tertiary/aromatic N) is 2. The van der Waals surface area contributed by atoms with Crippen molar-refractivity contribution in [2.45, 2.75) is 37.9 Å². The van der Waals surface area contributed by atoms with Gasteiger partial charge < -0.3 is 20.5 Å². The number of nitrogens with one attached hydrogen (secondary N) is 1. The maximum absolute atomic E-state index is 13.8. The first-order valence-corrected chi connectivity index (χ1v) is 12.0. The molecule has 1 aliphatic carbocycles. The molecule has 2 fully saturated rings. The highest BCUT2D eigenvalue weighted by molar-refractivity contribution is 5.95. The highest BCUT2D eigenvalue weighted by Gasteiger charge is 2.41. The van der Waals surface area contributed by atoms with Crippen LogP contribution in [0.4, 0.5) is 13.2 Å². The predicted molar refractivity (Wildman–Crippen MR) is 128 cm³/mol. The Kier molecular flexibility index (Phi) is 6.68.